The van der Waals surface area contributed by atoms with Gasteiger partial charge in [0.25, 0.3) is 0 Å². The van der Waals surface area contributed by atoms with Gasteiger partial charge in [-0.15, -0.1) is 24.0 Å². The van der Waals surface area contributed by atoms with Crippen LogP contribution >= 0.6 is 24.0 Å². The minimum atomic E-state index is 0. The van der Waals surface area contributed by atoms with Crippen molar-refractivity contribution in [3.05, 3.63) is 47.9 Å². The highest BCUT2D eigenvalue weighted by molar-refractivity contribution is 14.0. The maximum absolute atomic E-state index is 5.51. The molecule has 0 atom stereocenters. The van der Waals surface area contributed by atoms with Crippen LogP contribution in [0.2, 0.25) is 0 Å². The third-order valence-corrected chi connectivity index (χ3v) is 3.81. The van der Waals surface area contributed by atoms with Crippen LogP contribution in [0.4, 0.5) is 0 Å². The van der Waals surface area contributed by atoms with Crippen LogP contribution in [0.25, 0.3) is 0 Å². The van der Waals surface area contributed by atoms with Crippen molar-refractivity contribution < 1.29 is 4.74 Å². The molecule has 2 rings (SSSR count). The van der Waals surface area contributed by atoms with E-state index in [2.05, 4.69) is 66.0 Å². The van der Waals surface area contributed by atoms with E-state index in [0.29, 0.717) is 19.0 Å². The van der Waals surface area contributed by atoms with Gasteiger partial charge in [0.15, 0.2) is 5.96 Å². The fraction of sp³-hybridized carbons (Fsp3) is 0.474. The van der Waals surface area contributed by atoms with Gasteiger partial charge >= 0.3 is 0 Å². The van der Waals surface area contributed by atoms with Gasteiger partial charge in [-0.25, -0.2) is 9.98 Å². The first-order valence-corrected chi connectivity index (χ1v) is 8.81. The second kappa shape index (κ2) is 11.8. The van der Waals surface area contributed by atoms with Gasteiger partial charge in [0.2, 0.25) is 5.88 Å². The second-order valence-electron chi connectivity index (χ2n) is 5.99. The van der Waals surface area contributed by atoms with E-state index in [9.17, 15) is 0 Å². The molecule has 0 spiro atoms. The maximum Gasteiger partial charge on any atom is 0.213 e. The van der Waals surface area contributed by atoms with E-state index < -0.39 is 0 Å². The first kappa shape index (κ1) is 22.3. The zero-order chi connectivity index (χ0) is 18.1. The fourth-order valence-corrected chi connectivity index (χ4v) is 2.41. The molecular weight excluding hydrogens is 441 g/mol. The summed E-state index contributed by atoms with van der Waals surface area (Å²) in [4.78, 5) is 11.2. The highest BCUT2D eigenvalue weighted by Crippen LogP contribution is 2.09. The molecule has 0 aromatic carbocycles. The van der Waals surface area contributed by atoms with Crippen LogP contribution in [0.5, 0.6) is 5.88 Å². The topological polar surface area (TPSA) is 54.7 Å². The summed E-state index contributed by atoms with van der Waals surface area (Å²) in [5, 5.41) is 3.35. The van der Waals surface area contributed by atoms with Gasteiger partial charge < -0.3 is 19.5 Å². The fourth-order valence-electron chi connectivity index (χ4n) is 2.41. The number of halogens is 1. The summed E-state index contributed by atoms with van der Waals surface area (Å²) in [6.07, 6.45) is 4.86. The Morgan fingerprint density at radius 3 is 2.69 bits per heavy atom. The molecule has 1 N–H and O–H groups in total. The molecule has 0 aliphatic carbocycles. The summed E-state index contributed by atoms with van der Waals surface area (Å²) in [5.41, 5.74) is 2.30. The quantitative estimate of drug-likeness (QED) is 0.364. The van der Waals surface area contributed by atoms with E-state index >= 15 is 0 Å². The maximum atomic E-state index is 5.51. The summed E-state index contributed by atoms with van der Waals surface area (Å²) in [6, 6.07) is 8.10. The largest absolute Gasteiger partial charge is 0.478 e. The molecule has 2 aromatic heterocycles. The smallest absolute Gasteiger partial charge is 0.213 e. The first-order chi connectivity index (χ1) is 12.1. The molecule has 144 valence electrons. The van der Waals surface area contributed by atoms with Gasteiger partial charge in [-0.2, -0.15) is 0 Å². The molecule has 0 aliphatic heterocycles. The van der Waals surface area contributed by atoms with Crippen LogP contribution < -0.4 is 10.1 Å². The van der Waals surface area contributed by atoms with Gasteiger partial charge in [0.1, 0.15) is 0 Å². The number of pyridine rings is 1. The van der Waals surface area contributed by atoms with Crippen LogP contribution in [0.1, 0.15) is 31.5 Å². The van der Waals surface area contributed by atoms with Crippen LogP contribution in [-0.4, -0.2) is 40.6 Å². The first-order valence-electron chi connectivity index (χ1n) is 8.81. The third-order valence-electron chi connectivity index (χ3n) is 3.81. The number of aromatic nitrogens is 2. The Balaban J connectivity index is 0.00000338. The lowest BCUT2D eigenvalue weighted by Gasteiger charge is -2.22. The Labute approximate surface area is 173 Å². The molecule has 26 heavy (non-hydrogen) atoms. The lowest BCUT2D eigenvalue weighted by atomic mass is 10.3. The number of nitrogens with zero attached hydrogens (tertiary/aromatic N) is 4. The Hall–Kier alpha value is -1.77. The summed E-state index contributed by atoms with van der Waals surface area (Å²) in [6.45, 7) is 7.07. The monoisotopic (exact) mass is 471 g/mol. The van der Waals surface area contributed by atoms with Gasteiger partial charge in [-0.05, 0) is 31.0 Å². The molecule has 0 fully saturated rings. The summed E-state index contributed by atoms with van der Waals surface area (Å²) in [7, 11) is 4.11. The van der Waals surface area contributed by atoms with Crippen molar-refractivity contribution in [3.63, 3.8) is 0 Å². The molecule has 0 amide bonds. The highest BCUT2D eigenvalue weighted by Gasteiger charge is 2.08. The molecule has 0 aliphatic rings. The Morgan fingerprint density at radius 1 is 1.31 bits per heavy atom. The van der Waals surface area contributed by atoms with Crippen molar-refractivity contribution in [2.24, 2.45) is 12.0 Å². The van der Waals surface area contributed by atoms with Gasteiger partial charge in [-0.3, -0.25) is 0 Å². The van der Waals surface area contributed by atoms with Crippen molar-refractivity contribution >= 4 is 29.9 Å². The summed E-state index contributed by atoms with van der Waals surface area (Å²) < 4.78 is 7.64. The number of guanidine groups is 1. The van der Waals surface area contributed by atoms with Crippen LogP contribution in [-0.2, 0) is 20.1 Å². The summed E-state index contributed by atoms with van der Waals surface area (Å²) >= 11 is 0. The molecule has 0 radical (unpaired) electrons. The number of hydrogen-bond acceptors (Lipinski definition) is 3. The molecular formula is C19H30IN5O. The zero-order valence-corrected chi connectivity index (χ0v) is 18.4. The molecule has 7 heteroatoms. The van der Waals surface area contributed by atoms with Crippen LogP contribution in [0.3, 0.4) is 0 Å². The number of rotatable bonds is 8. The van der Waals surface area contributed by atoms with Crippen molar-refractivity contribution in [2.75, 3.05) is 20.2 Å². The average molecular weight is 471 g/mol. The van der Waals surface area contributed by atoms with Gasteiger partial charge in [-0.1, -0.05) is 13.0 Å². The minimum Gasteiger partial charge on any atom is -0.478 e. The molecule has 0 bridgehead atoms. The van der Waals surface area contributed by atoms with Crippen molar-refractivity contribution in [1.82, 2.24) is 19.8 Å². The van der Waals surface area contributed by atoms with E-state index in [1.165, 1.54) is 5.69 Å². The van der Waals surface area contributed by atoms with E-state index in [-0.39, 0.29) is 24.0 Å². The normalized spacial score (nSPS) is 11.0. The predicted octanol–water partition coefficient (Wildman–Crippen LogP) is 3.42. The SMILES string of the molecule is CCCOc1ccc(CN=C(NCC)N(C)Cc2cccn2C)cn1.I. The molecule has 2 aromatic rings. The number of hydrogen-bond donors (Lipinski definition) is 1. The molecule has 0 saturated carbocycles. The third kappa shape index (κ3) is 6.86. The number of ether oxygens (including phenoxy) is 1. The highest BCUT2D eigenvalue weighted by atomic mass is 127. The Morgan fingerprint density at radius 2 is 2.12 bits per heavy atom. The van der Waals surface area contributed by atoms with Crippen LogP contribution in [0, 0.1) is 0 Å². The van der Waals surface area contributed by atoms with Gasteiger partial charge in [0.05, 0.1) is 19.7 Å². The molecule has 6 nitrogen and oxygen atoms in total. The lowest BCUT2D eigenvalue weighted by molar-refractivity contribution is 0.305. The molecule has 0 saturated heterocycles. The van der Waals surface area contributed by atoms with E-state index in [4.69, 9.17) is 9.73 Å². The number of aliphatic imine (C=N–C) groups is 1. The zero-order valence-electron chi connectivity index (χ0n) is 16.1. The Bertz CT molecular complexity index is 669. The van der Waals surface area contributed by atoms with E-state index in [1.54, 1.807) is 0 Å². The molecule has 0 unspecified atom stereocenters. The predicted molar refractivity (Wildman–Crippen MR) is 117 cm³/mol. The van der Waals surface area contributed by atoms with E-state index in [1.807, 2.05) is 18.3 Å². The summed E-state index contributed by atoms with van der Waals surface area (Å²) in [5.74, 6) is 1.55. The number of nitrogens with one attached hydrogen (secondary N) is 1. The van der Waals surface area contributed by atoms with Gasteiger partial charge in [0, 0.05) is 44.8 Å². The van der Waals surface area contributed by atoms with Crippen molar-refractivity contribution in [3.8, 4) is 5.88 Å². The second-order valence-corrected chi connectivity index (χ2v) is 5.99. The number of aryl methyl sites for hydroxylation is 1. The van der Waals surface area contributed by atoms with Crippen molar-refractivity contribution in [1.29, 1.82) is 0 Å². The minimum absolute atomic E-state index is 0. The van der Waals surface area contributed by atoms with Crippen molar-refractivity contribution in [2.45, 2.75) is 33.4 Å². The molecule has 2 heterocycles. The lowest BCUT2D eigenvalue weighted by Crippen LogP contribution is -2.38. The standard InChI is InChI=1S/C19H29N5O.HI/c1-5-12-25-18-10-9-16(13-21-18)14-22-19(20-6-2)24(4)15-17-8-7-11-23(17)3;/h7-11,13H,5-6,12,14-15H2,1-4H3,(H,20,22);1H. The average Bonchev–Trinajstić information content (AvgIpc) is 3.02. The van der Waals surface area contributed by atoms with E-state index in [0.717, 1.165) is 31.0 Å². The Kier molecular flexibility index (Phi) is 10.1. The van der Waals surface area contributed by atoms with Crippen LogP contribution in [0.15, 0.2) is 41.7 Å².